The van der Waals surface area contributed by atoms with Crippen LogP contribution < -0.4 is 10.6 Å². The first-order chi connectivity index (χ1) is 8.74. The molecule has 0 aromatic carbocycles. The van der Waals surface area contributed by atoms with Crippen LogP contribution in [0.1, 0.15) is 47.5 Å². The minimum atomic E-state index is 0.270. The topological polar surface area (TPSA) is 45.7 Å². The zero-order valence-electron chi connectivity index (χ0n) is 13.5. The van der Waals surface area contributed by atoms with Crippen molar-refractivity contribution in [1.29, 1.82) is 0 Å². The van der Waals surface area contributed by atoms with Crippen LogP contribution in [0.4, 0.5) is 0 Å². The highest BCUT2D eigenvalue weighted by molar-refractivity contribution is 5.79. The maximum absolute atomic E-state index is 5.26. The lowest BCUT2D eigenvalue weighted by Crippen LogP contribution is -2.52. The van der Waals surface area contributed by atoms with Crippen LogP contribution in [0.5, 0.6) is 0 Å². The molecule has 0 aliphatic carbocycles. The summed E-state index contributed by atoms with van der Waals surface area (Å²) in [5.41, 5.74) is 0.663. The molecule has 1 aliphatic heterocycles. The second kappa shape index (κ2) is 6.60. The lowest BCUT2D eigenvalue weighted by molar-refractivity contribution is -0.0971. The fourth-order valence-corrected chi connectivity index (χ4v) is 2.00. The number of hydrogen-bond donors (Lipinski definition) is 2. The third kappa shape index (κ3) is 6.28. The van der Waals surface area contributed by atoms with Gasteiger partial charge in [-0.25, -0.2) is 0 Å². The summed E-state index contributed by atoms with van der Waals surface area (Å²) in [5.74, 6) is 0.898. The van der Waals surface area contributed by atoms with Gasteiger partial charge in [-0.05, 0) is 25.2 Å². The van der Waals surface area contributed by atoms with E-state index in [2.05, 4.69) is 50.2 Å². The Balaban J connectivity index is 2.27. The fraction of sp³-hybridized carbons (Fsp3) is 0.933. The van der Waals surface area contributed by atoms with E-state index in [-0.39, 0.29) is 5.41 Å². The Morgan fingerprint density at radius 3 is 2.42 bits per heavy atom. The largest absolute Gasteiger partial charge is 0.380 e. The van der Waals surface area contributed by atoms with Crippen LogP contribution in [-0.2, 0) is 4.74 Å². The molecule has 0 aromatic rings. The van der Waals surface area contributed by atoms with Gasteiger partial charge >= 0.3 is 0 Å². The molecule has 0 amide bonds. The van der Waals surface area contributed by atoms with E-state index in [0.717, 1.165) is 32.1 Å². The highest BCUT2D eigenvalue weighted by atomic mass is 16.5. The van der Waals surface area contributed by atoms with Crippen molar-refractivity contribution >= 4 is 5.96 Å². The van der Waals surface area contributed by atoms with Crippen LogP contribution in [0.15, 0.2) is 4.99 Å². The van der Waals surface area contributed by atoms with E-state index in [1.807, 2.05) is 7.05 Å². The van der Waals surface area contributed by atoms with Crippen molar-refractivity contribution < 1.29 is 4.74 Å². The number of nitrogens with zero attached hydrogens (tertiary/aromatic N) is 1. The van der Waals surface area contributed by atoms with E-state index in [9.17, 15) is 0 Å². The van der Waals surface area contributed by atoms with Gasteiger partial charge in [0.1, 0.15) is 0 Å². The Morgan fingerprint density at radius 1 is 1.37 bits per heavy atom. The minimum Gasteiger partial charge on any atom is -0.380 e. The van der Waals surface area contributed by atoms with Gasteiger partial charge in [0.25, 0.3) is 0 Å². The van der Waals surface area contributed by atoms with Crippen LogP contribution in [0.2, 0.25) is 0 Å². The van der Waals surface area contributed by atoms with Gasteiger partial charge in [0.15, 0.2) is 5.96 Å². The molecule has 2 N–H and O–H groups in total. The highest BCUT2D eigenvalue weighted by Gasteiger charge is 2.33. The Bertz CT molecular complexity index is 303. The van der Waals surface area contributed by atoms with Gasteiger partial charge in [-0.15, -0.1) is 0 Å². The molecule has 19 heavy (non-hydrogen) atoms. The van der Waals surface area contributed by atoms with Crippen LogP contribution in [-0.4, -0.2) is 38.8 Å². The first-order valence-electron chi connectivity index (χ1n) is 7.29. The number of rotatable bonds is 5. The van der Waals surface area contributed by atoms with Gasteiger partial charge in [-0.3, -0.25) is 4.99 Å². The predicted molar refractivity (Wildman–Crippen MR) is 81.6 cm³/mol. The summed E-state index contributed by atoms with van der Waals surface area (Å²) in [5, 5.41) is 6.86. The Kier molecular flexibility index (Phi) is 5.65. The molecule has 1 unspecified atom stereocenters. The maximum atomic E-state index is 5.26. The molecule has 1 rings (SSSR count). The SMILES string of the molecule is CN=C(NCC1(C)COC1)NC(C)CCC(C)(C)C. The predicted octanol–water partition coefficient (Wildman–Crippen LogP) is 2.40. The van der Waals surface area contributed by atoms with E-state index in [0.29, 0.717) is 11.5 Å². The molecule has 112 valence electrons. The third-order valence-electron chi connectivity index (χ3n) is 3.52. The molecule has 1 aliphatic rings. The summed E-state index contributed by atoms with van der Waals surface area (Å²) < 4.78 is 5.26. The van der Waals surface area contributed by atoms with Crippen molar-refractivity contribution in [3.63, 3.8) is 0 Å². The van der Waals surface area contributed by atoms with Gasteiger partial charge in [0, 0.05) is 25.0 Å². The van der Waals surface area contributed by atoms with Gasteiger partial charge in [0.2, 0.25) is 0 Å². The number of hydrogen-bond acceptors (Lipinski definition) is 2. The molecular weight excluding hydrogens is 238 g/mol. The monoisotopic (exact) mass is 269 g/mol. The minimum absolute atomic E-state index is 0.270. The molecule has 0 bridgehead atoms. The smallest absolute Gasteiger partial charge is 0.191 e. The van der Waals surface area contributed by atoms with Gasteiger partial charge in [-0.2, -0.15) is 0 Å². The summed E-state index contributed by atoms with van der Waals surface area (Å²) in [6.45, 7) is 13.9. The molecule has 1 saturated heterocycles. The van der Waals surface area contributed by atoms with Crippen molar-refractivity contribution in [1.82, 2.24) is 10.6 Å². The van der Waals surface area contributed by atoms with Crippen LogP contribution in [0.25, 0.3) is 0 Å². The zero-order valence-corrected chi connectivity index (χ0v) is 13.5. The fourth-order valence-electron chi connectivity index (χ4n) is 2.00. The summed E-state index contributed by atoms with van der Waals surface area (Å²) in [7, 11) is 1.82. The van der Waals surface area contributed by atoms with E-state index < -0.39 is 0 Å². The Hall–Kier alpha value is -0.770. The third-order valence-corrected chi connectivity index (χ3v) is 3.52. The molecular formula is C15H31N3O. The van der Waals surface area contributed by atoms with Crippen molar-refractivity contribution in [3.8, 4) is 0 Å². The number of aliphatic imine (C=N–C) groups is 1. The lowest BCUT2D eigenvalue weighted by Gasteiger charge is -2.38. The van der Waals surface area contributed by atoms with Gasteiger partial charge in [0.05, 0.1) is 13.2 Å². The van der Waals surface area contributed by atoms with E-state index in [4.69, 9.17) is 4.74 Å². The molecule has 1 heterocycles. The quantitative estimate of drug-likeness (QED) is 0.595. The number of nitrogens with one attached hydrogen (secondary N) is 2. The summed E-state index contributed by atoms with van der Waals surface area (Å²) in [4.78, 5) is 4.29. The zero-order chi connectivity index (χ0) is 14.5. The normalized spacial score (nSPS) is 20.6. The molecule has 4 nitrogen and oxygen atoms in total. The molecule has 0 radical (unpaired) electrons. The van der Waals surface area contributed by atoms with E-state index in [1.54, 1.807) is 0 Å². The number of guanidine groups is 1. The molecule has 0 spiro atoms. The number of ether oxygens (including phenoxy) is 1. The average molecular weight is 269 g/mol. The van der Waals surface area contributed by atoms with Crippen molar-refractivity contribution in [3.05, 3.63) is 0 Å². The maximum Gasteiger partial charge on any atom is 0.191 e. The second-order valence-corrected chi connectivity index (χ2v) is 7.37. The van der Waals surface area contributed by atoms with E-state index in [1.165, 1.54) is 6.42 Å². The van der Waals surface area contributed by atoms with E-state index >= 15 is 0 Å². The average Bonchev–Trinajstić information content (AvgIpc) is 2.28. The second-order valence-electron chi connectivity index (χ2n) is 7.37. The van der Waals surface area contributed by atoms with Gasteiger partial charge in [-0.1, -0.05) is 27.7 Å². The first kappa shape index (κ1) is 16.3. The van der Waals surface area contributed by atoms with Crippen molar-refractivity contribution in [2.45, 2.75) is 53.5 Å². The molecule has 1 atom stereocenters. The summed E-state index contributed by atoms with van der Waals surface area (Å²) >= 11 is 0. The summed E-state index contributed by atoms with van der Waals surface area (Å²) in [6, 6.07) is 0.441. The molecule has 1 fully saturated rings. The van der Waals surface area contributed by atoms with Crippen molar-refractivity contribution in [2.75, 3.05) is 26.8 Å². The van der Waals surface area contributed by atoms with Crippen LogP contribution in [0.3, 0.4) is 0 Å². The first-order valence-corrected chi connectivity index (χ1v) is 7.29. The van der Waals surface area contributed by atoms with Crippen LogP contribution in [0, 0.1) is 10.8 Å². The van der Waals surface area contributed by atoms with Crippen molar-refractivity contribution in [2.24, 2.45) is 15.8 Å². The molecule has 0 aromatic heterocycles. The van der Waals surface area contributed by atoms with Gasteiger partial charge < -0.3 is 15.4 Å². The Labute approximate surface area is 118 Å². The highest BCUT2D eigenvalue weighted by Crippen LogP contribution is 2.25. The lowest BCUT2D eigenvalue weighted by atomic mass is 9.88. The standard InChI is InChI=1S/C15H31N3O/c1-12(7-8-14(2,3)4)18-13(16-6)17-9-15(5)10-19-11-15/h12H,7-11H2,1-6H3,(H2,16,17,18). The Morgan fingerprint density at radius 2 is 2.00 bits per heavy atom. The summed E-state index contributed by atoms with van der Waals surface area (Å²) in [6.07, 6.45) is 2.37. The molecule has 0 saturated carbocycles. The molecule has 4 heteroatoms. The van der Waals surface area contributed by atoms with Crippen LogP contribution >= 0.6 is 0 Å².